The number of amides is 1. The SMILES string of the molecule is Nc1cccnc1C(=O)Nc1cc(C(=O)O)ccc1F. The number of aromatic nitrogens is 1. The summed E-state index contributed by atoms with van der Waals surface area (Å²) < 4.78 is 13.6. The molecule has 0 aliphatic rings. The van der Waals surface area contributed by atoms with Crippen LogP contribution in [0.15, 0.2) is 36.5 Å². The van der Waals surface area contributed by atoms with Gasteiger partial charge in [0.15, 0.2) is 5.69 Å². The fourth-order valence-electron chi connectivity index (χ4n) is 1.54. The predicted molar refractivity (Wildman–Crippen MR) is 70.0 cm³/mol. The Morgan fingerprint density at radius 2 is 2.05 bits per heavy atom. The van der Waals surface area contributed by atoms with Crippen LogP contribution >= 0.6 is 0 Å². The van der Waals surface area contributed by atoms with Crippen molar-refractivity contribution in [2.75, 3.05) is 11.1 Å². The maximum atomic E-state index is 13.6. The minimum Gasteiger partial charge on any atom is -0.478 e. The van der Waals surface area contributed by atoms with Gasteiger partial charge in [-0.15, -0.1) is 0 Å². The molecule has 2 aromatic rings. The number of nitrogen functional groups attached to an aromatic ring is 1. The van der Waals surface area contributed by atoms with Crippen LogP contribution < -0.4 is 11.1 Å². The van der Waals surface area contributed by atoms with Crippen LogP contribution in [0.2, 0.25) is 0 Å². The summed E-state index contributed by atoms with van der Waals surface area (Å²) in [6.07, 6.45) is 1.37. The Hall–Kier alpha value is -2.96. The fourth-order valence-corrected chi connectivity index (χ4v) is 1.54. The molecular weight excluding hydrogens is 265 g/mol. The van der Waals surface area contributed by atoms with E-state index in [0.717, 1.165) is 18.2 Å². The van der Waals surface area contributed by atoms with E-state index in [4.69, 9.17) is 10.8 Å². The van der Waals surface area contributed by atoms with Crippen LogP contribution in [-0.4, -0.2) is 22.0 Å². The Morgan fingerprint density at radius 3 is 2.70 bits per heavy atom. The molecule has 0 unspecified atom stereocenters. The van der Waals surface area contributed by atoms with Gasteiger partial charge >= 0.3 is 5.97 Å². The first kappa shape index (κ1) is 13.5. The number of anilines is 2. The molecule has 0 saturated carbocycles. The van der Waals surface area contributed by atoms with E-state index in [2.05, 4.69) is 10.3 Å². The molecule has 0 aliphatic carbocycles. The third kappa shape index (κ3) is 2.72. The molecule has 0 fully saturated rings. The molecule has 0 atom stereocenters. The predicted octanol–water partition coefficient (Wildman–Crippen LogP) is 1.75. The average Bonchev–Trinajstić information content (AvgIpc) is 2.41. The van der Waals surface area contributed by atoms with Crippen molar-refractivity contribution in [3.8, 4) is 0 Å². The zero-order valence-electron chi connectivity index (χ0n) is 10.1. The maximum Gasteiger partial charge on any atom is 0.335 e. The first-order valence-corrected chi connectivity index (χ1v) is 5.53. The molecule has 1 aromatic carbocycles. The lowest BCUT2D eigenvalue weighted by Gasteiger charge is -2.08. The maximum absolute atomic E-state index is 13.6. The van der Waals surface area contributed by atoms with Crippen molar-refractivity contribution in [2.45, 2.75) is 0 Å². The van der Waals surface area contributed by atoms with Crippen molar-refractivity contribution >= 4 is 23.3 Å². The number of carbonyl (C=O) groups is 2. The molecule has 102 valence electrons. The van der Waals surface area contributed by atoms with Gasteiger partial charge in [-0.2, -0.15) is 0 Å². The molecule has 0 bridgehead atoms. The van der Waals surface area contributed by atoms with Crippen molar-refractivity contribution in [3.63, 3.8) is 0 Å². The number of pyridine rings is 1. The number of aromatic carboxylic acids is 1. The van der Waals surface area contributed by atoms with Crippen LogP contribution in [0.1, 0.15) is 20.8 Å². The van der Waals surface area contributed by atoms with Gasteiger partial charge in [0.2, 0.25) is 0 Å². The minimum absolute atomic E-state index is 0.0624. The quantitative estimate of drug-likeness (QED) is 0.791. The molecule has 0 aliphatic heterocycles. The highest BCUT2D eigenvalue weighted by atomic mass is 19.1. The Bertz CT molecular complexity index is 688. The standard InChI is InChI=1S/C13H10FN3O3/c14-8-4-3-7(13(19)20)6-10(8)17-12(18)11-9(15)2-1-5-16-11/h1-6H,15H2,(H,17,18)(H,19,20). The van der Waals surface area contributed by atoms with Gasteiger partial charge in [-0.3, -0.25) is 4.79 Å². The highest BCUT2D eigenvalue weighted by Crippen LogP contribution is 2.18. The topological polar surface area (TPSA) is 105 Å². The molecular formula is C13H10FN3O3. The second-order valence-corrected chi connectivity index (χ2v) is 3.90. The first-order valence-electron chi connectivity index (χ1n) is 5.53. The van der Waals surface area contributed by atoms with Gasteiger partial charge in [0.05, 0.1) is 16.9 Å². The van der Waals surface area contributed by atoms with E-state index in [9.17, 15) is 14.0 Å². The van der Waals surface area contributed by atoms with E-state index in [1.54, 1.807) is 6.07 Å². The normalized spacial score (nSPS) is 10.1. The highest BCUT2D eigenvalue weighted by Gasteiger charge is 2.15. The second kappa shape index (κ2) is 5.35. The van der Waals surface area contributed by atoms with E-state index in [1.165, 1.54) is 12.3 Å². The molecule has 0 saturated heterocycles. The van der Waals surface area contributed by atoms with Crippen molar-refractivity contribution in [1.29, 1.82) is 0 Å². The lowest BCUT2D eigenvalue weighted by Crippen LogP contribution is -2.17. The zero-order chi connectivity index (χ0) is 14.7. The zero-order valence-corrected chi connectivity index (χ0v) is 10.1. The number of rotatable bonds is 3. The van der Waals surface area contributed by atoms with Crippen LogP contribution in [0.5, 0.6) is 0 Å². The Labute approximate surface area is 113 Å². The molecule has 4 N–H and O–H groups in total. The number of carbonyl (C=O) groups excluding carboxylic acids is 1. The first-order chi connectivity index (χ1) is 9.49. The molecule has 0 radical (unpaired) electrons. The van der Waals surface area contributed by atoms with E-state index in [0.29, 0.717) is 0 Å². The van der Waals surface area contributed by atoms with Crippen LogP contribution in [0.3, 0.4) is 0 Å². The van der Waals surface area contributed by atoms with Gasteiger partial charge in [-0.25, -0.2) is 14.2 Å². The summed E-state index contributed by atoms with van der Waals surface area (Å²) in [4.78, 5) is 26.5. The van der Waals surface area contributed by atoms with E-state index >= 15 is 0 Å². The fraction of sp³-hybridized carbons (Fsp3) is 0. The summed E-state index contributed by atoms with van der Waals surface area (Å²) in [7, 11) is 0. The average molecular weight is 275 g/mol. The largest absolute Gasteiger partial charge is 0.478 e. The van der Waals surface area contributed by atoms with Gasteiger partial charge in [-0.1, -0.05) is 0 Å². The van der Waals surface area contributed by atoms with Gasteiger partial charge < -0.3 is 16.2 Å². The summed E-state index contributed by atoms with van der Waals surface area (Å²) in [5.74, 6) is -2.69. The summed E-state index contributed by atoms with van der Waals surface area (Å²) in [6.45, 7) is 0. The highest BCUT2D eigenvalue weighted by molar-refractivity contribution is 6.06. The van der Waals surface area contributed by atoms with Crippen LogP contribution in [0.25, 0.3) is 0 Å². The summed E-state index contributed by atoms with van der Waals surface area (Å²) >= 11 is 0. The minimum atomic E-state index is -1.22. The number of carboxylic acids is 1. The van der Waals surface area contributed by atoms with Gasteiger partial charge in [0.1, 0.15) is 5.82 Å². The van der Waals surface area contributed by atoms with Gasteiger partial charge in [0, 0.05) is 6.20 Å². The number of hydrogen-bond donors (Lipinski definition) is 3. The molecule has 2 rings (SSSR count). The number of halogens is 1. The number of nitrogens with one attached hydrogen (secondary N) is 1. The van der Waals surface area contributed by atoms with E-state index in [-0.39, 0.29) is 22.6 Å². The molecule has 1 heterocycles. The lowest BCUT2D eigenvalue weighted by atomic mass is 10.2. The summed E-state index contributed by atoms with van der Waals surface area (Å²) in [5.41, 5.74) is 5.26. The number of benzene rings is 1. The molecule has 0 spiro atoms. The third-order valence-corrected chi connectivity index (χ3v) is 2.52. The van der Waals surface area contributed by atoms with E-state index < -0.39 is 17.7 Å². The molecule has 1 aromatic heterocycles. The van der Waals surface area contributed by atoms with Gasteiger partial charge in [-0.05, 0) is 30.3 Å². The molecule has 20 heavy (non-hydrogen) atoms. The van der Waals surface area contributed by atoms with E-state index in [1.807, 2.05) is 0 Å². The number of nitrogens with zero attached hydrogens (tertiary/aromatic N) is 1. The number of nitrogens with two attached hydrogens (primary N) is 1. The van der Waals surface area contributed by atoms with Crippen LogP contribution in [-0.2, 0) is 0 Å². The van der Waals surface area contributed by atoms with Gasteiger partial charge in [0.25, 0.3) is 5.91 Å². The molecule has 6 nitrogen and oxygen atoms in total. The number of carboxylic acid groups (broad SMARTS) is 1. The smallest absolute Gasteiger partial charge is 0.335 e. The van der Waals surface area contributed by atoms with Crippen molar-refractivity contribution < 1.29 is 19.1 Å². The molecule has 7 heteroatoms. The summed E-state index contributed by atoms with van der Waals surface area (Å²) in [5, 5.41) is 11.1. The summed E-state index contributed by atoms with van der Waals surface area (Å²) in [6, 6.07) is 6.11. The Morgan fingerprint density at radius 1 is 1.30 bits per heavy atom. The Kier molecular flexibility index (Phi) is 3.60. The third-order valence-electron chi connectivity index (χ3n) is 2.52. The second-order valence-electron chi connectivity index (χ2n) is 3.90. The van der Waals surface area contributed by atoms with Crippen LogP contribution in [0.4, 0.5) is 15.8 Å². The number of hydrogen-bond acceptors (Lipinski definition) is 4. The van der Waals surface area contributed by atoms with Crippen molar-refractivity contribution in [1.82, 2.24) is 4.98 Å². The molecule has 1 amide bonds. The van der Waals surface area contributed by atoms with Crippen molar-refractivity contribution in [3.05, 3.63) is 53.6 Å². The Balaban J connectivity index is 2.30. The monoisotopic (exact) mass is 275 g/mol. The lowest BCUT2D eigenvalue weighted by molar-refractivity contribution is 0.0696. The van der Waals surface area contributed by atoms with Crippen molar-refractivity contribution in [2.24, 2.45) is 0 Å². The van der Waals surface area contributed by atoms with Crippen LogP contribution in [0, 0.1) is 5.82 Å².